The van der Waals surface area contributed by atoms with E-state index in [2.05, 4.69) is 39.8 Å². The van der Waals surface area contributed by atoms with E-state index in [1.54, 1.807) is 24.3 Å². The first-order valence-corrected chi connectivity index (χ1v) is 11.5. The van der Waals surface area contributed by atoms with Gasteiger partial charge in [0.2, 0.25) is 5.91 Å². The van der Waals surface area contributed by atoms with Crippen LogP contribution in [0.3, 0.4) is 0 Å². The van der Waals surface area contributed by atoms with Gasteiger partial charge in [-0.2, -0.15) is 0 Å². The number of rotatable bonds is 8. The first-order valence-electron chi connectivity index (χ1n) is 10.2. The minimum Gasteiger partial charge on any atom is -0.486 e. The molecule has 164 valence electrons. The molecule has 0 radical (unpaired) electrons. The fourth-order valence-corrected chi connectivity index (χ4v) is 4.26. The topological polar surface area (TPSA) is 69.0 Å². The van der Waals surface area contributed by atoms with Crippen LogP contribution in [0.15, 0.2) is 71.9 Å². The lowest BCUT2D eigenvalue weighted by molar-refractivity contribution is -0.119. The van der Waals surface area contributed by atoms with Crippen molar-refractivity contribution in [2.45, 2.75) is 24.7 Å². The molecule has 32 heavy (non-hydrogen) atoms. The zero-order chi connectivity index (χ0) is 22.5. The molecule has 3 aromatic carbocycles. The Morgan fingerprint density at radius 1 is 1.09 bits per heavy atom. The van der Waals surface area contributed by atoms with Crippen LogP contribution in [0.2, 0.25) is 5.02 Å². The number of fused-ring (bicyclic) bond motifs is 1. The van der Waals surface area contributed by atoms with Crippen molar-refractivity contribution in [1.82, 2.24) is 20.1 Å². The van der Waals surface area contributed by atoms with Gasteiger partial charge in [0.05, 0.1) is 11.8 Å². The van der Waals surface area contributed by atoms with Gasteiger partial charge in [-0.1, -0.05) is 65.8 Å². The molecule has 6 nitrogen and oxygen atoms in total. The van der Waals surface area contributed by atoms with Crippen molar-refractivity contribution in [2.24, 2.45) is 7.05 Å². The van der Waals surface area contributed by atoms with Gasteiger partial charge in [-0.3, -0.25) is 4.79 Å². The summed E-state index contributed by atoms with van der Waals surface area (Å²) in [6.07, 6.45) is 0. The normalized spacial score (nSPS) is 12.0. The van der Waals surface area contributed by atoms with Crippen molar-refractivity contribution in [1.29, 1.82) is 0 Å². The van der Waals surface area contributed by atoms with Crippen molar-refractivity contribution in [3.05, 3.63) is 83.1 Å². The van der Waals surface area contributed by atoms with E-state index in [0.29, 0.717) is 21.8 Å². The van der Waals surface area contributed by atoms with Crippen LogP contribution in [-0.2, 0) is 18.4 Å². The molecule has 1 unspecified atom stereocenters. The molecule has 0 aliphatic rings. The fraction of sp³-hybridized carbons (Fsp3) is 0.208. The third-order valence-electron chi connectivity index (χ3n) is 5.11. The largest absolute Gasteiger partial charge is 0.486 e. The maximum absolute atomic E-state index is 12.6. The molecule has 0 spiro atoms. The van der Waals surface area contributed by atoms with E-state index in [9.17, 15) is 4.79 Å². The summed E-state index contributed by atoms with van der Waals surface area (Å²) in [5.41, 5.74) is 1.10. The summed E-state index contributed by atoms with van der Waals surface area (Å²) >= 11 is 7.24. The second kappa shape index (κ2) is 10.1. The van der Waals surface area contributed by atoms with Crippen LogP contribution in [0.25, 0.3) is 10.8 Å². The van der Waals surface area contributed by atoms with E-state index >= 15 is 0 Å². The van der Waals surface area contributed by atoms with Crippen molar-refractivity contribution in [3.63, 3.8) is 0 Å². The van der Waals surface area contributed by atoms with Gasteiger partial charge in [-0.25, -0.2) is 0 Å². The van der Waals surface area contributed by atoms with E-state index in [0.717, 1.165) is 16.3 Å². The second-order valence-corrected chi connectivity index (χ2v) is 8.73. The quantitative estimate of drug-likeness (QED) is 0.363. The molecule has 0 bridgehead atoms. The number of amides is 1. The van der Waals surface area contributed by atoms with Crippen LogP contribution in [0.4, 0.5) is 0 Å². The number of benzene rings is 3. The van der Waals surface area contributed by atoms with Gasteiger partial charge >= 0.3 is 0 Å². The Balaban J connectivity index is 1.32. The van der Waals surface area contributed by atoms with Gasteiger partial charge in [-0.05, 0) is 47.5 Å². The second-order valence-electron chi connectivity index (χ2n) is 7.35. The minimum atomic E-state index is -0.1000. The Hall–Kier alpha value is -3.03. The van der Waals surface area contributed by atoms with Crippen LogP contribution in [0.5, 0.6) is 5.75 Å². The summed E-state index contributed by atoms with van der Waals surface area (Å²) < 4.78 is 7.57. The summed E-state index contributed by atoms with van der Waals surface area (Å²) in [4.78, 5) is 12.6. The predicted molar refractivity (Wildman–Crippen MR) is 128 cm³/mol. The molecule has 1 N–H and O–H groups in total. The molecule has 1 aromatic heterocycles. The molecule has 0 saturated heterocycles. The van der Waals surface area contributed by atoms with Gasteiger partial charge in [0.15, 0.2) is 11.0 Å². The Bertz CT molecular complexity index is 1220. The third-order valence-corrected chi connectivity index (χ3v) is 6.38. The number of ether oxygens (including phenoxy) is 1. The molecular formula is C24H23ClN4O2S. The van der Waals surface area contributed by atoms with E-state index in [1.165, 1.54) is 11.8 Å². The Morgan fingerprint density at radius 2 is 1.84 bits per heavy atom. The molecule has 1 atom stereocenters. The van der Waals surface area contributed by atoms with E-state index in [4.69, 9.17) is 16.3 Å². The monoisotopic (exact) mass is 466 g/mol. The number of carbonyl (C=O) groups excluding carboxylic acids is 1. The molecule has 1 amide bonds. The van der Waals surface area contributed by atoms with E-state index in [-0.39, 0.29) is 24.3 Å². The SMILES string of the molecule is CC(NC(=O)CSc1nnc(COc2ccc(Cl)cc2)n1C)c1cccc2ccccc12. The van der Waals surface area contributed by atoms with Crippen molar-refractivity contribution in [2.75, 3.05) is 5.75 Å². The standard InChI is InChI=1S/C24H23ClN4O2S/c1-16(20-9-5-7-17-6-3-4-8-21(17)20)26-23(30)15-32-24-28-27-22(29(24)2)14-31-19-12-10-18(25)11-13-19/h3-13,16H,14-15H2,1-2H3,(H,26,30). The van der Waals surface area contributed by atoms with Crippen LogP contribution in [0.1, 0.15) is 24.4 Å². The van der Waals surface area contributed by atoms with E-state index in [1.807, 2.05) is 36.7 Å². The summed E-state index contributed by atoms with van der Waals surface area (Å²) in [7, 11) is 1.86. The zero-order valence-electron chi connectivity index (χ0n) is 17.8. The summed E-state index contributed by atoms with van der Waals surface area (Å²) in [5, 5.41) is 15.1. The van der Waals surface area contributed by atoms with Gasteiger partial charge in [0.25, 0.3) is 0 Å². The Morgan fingerprint density at radius 3 is 2.66 bits per heavy atom. The molecule has 4 rings (SSSR count). The average molecular weight is 467 g/mol. The maximum atomic E-state index is 12.6. The number of hydrogen-bond donors (Lipinski definition) is 1. The van der Waals surface area contributed by atoms with Gasteiger partial charge in [0, 0.05) is 12.1 Å². The highest BCUT2D eigenvalue weighted by molar-refractivity contribution is 7.99. The van der Waals surface area contributed by atoms with Crippen molar-refractivity contribution in [3.8, 4) is 5.75 Å². The van der Waals surface area contributed by atoms with E-state index < -0.39 is 0 Å². The number of hydrogen-bond acceptors (Lipinski definition) is 5. The number of halogens is 1. The third kappa shape index (κ3) is 5.23. The predicted octanol–water partition coefficient (Wildman–Crippen LogP) is 5.17. The molecule has 8 heteroatoms. The van der Waals surface area contributed by atoms with Gasteiger partial charge in [-0.15, -0.1) is 10.2 Å². The number of nitrogens with zero attached hydrogens (tertiary/aromatic N) is 3. The van der Waals surface area contributed by atoms with Gasteiger partial charge < -0.3 is 14.6 Å². The van der Waals surface area contributed by atoms with Crippen LogP contribution >= 0.6 is 23.4 Å². The molecule has 0 saturated carbocycles. The van der Waals surface area contributed by atoms with Crippen molar-refractivity contribution >= 4 is 40.0 Å². The molecule has 1 heterocycles. The Kier molecular flexibility index (Phi) is 6.97. The lowest BCUT2D eigenvalue weighted by Gasteiger charge is -2.16. The highest BCUT2D eigenvalue weighted by atomic mass is 35.5. The highest BCUT2D eigenvalue weighted by Gasteiger charge is 2.15. The smallest absolute Gasteiger partial charge is 0.230 e. The van der Waals surface area contributed by atoms with Crippen LogP contribution in [0, 0.1) is 0 Å². The minimum absolute atomic E-state index is 0.0580. The number of carbonyl (C=O) groups is 1. The highest BCUT2D eigenvalue weighted by Crippen LogP contribution is 2.24. The lowest BCUT2D eigenvalue weighted by Crippen LogP contribution is -2.28. The average Bonchev–Trinajstić information content (AvgIpc) is 3.16. The van der Waals surface area contributed by atoms with Gasteiger partial charge in [0.1, 0.15) is 12.4 Å². The number of nitrogens with one attached hydrogen (secondary N) is 1. The van der Waals surface area contributed by atoms with Crippen LogP contribution in [-0.4, -0.2) is 26.4 Å². The first kappa shape index (κ1) is 22.2. The lowest BCUT2D eigenvalue weighted by atomic mass is 10.00. The van der Waals surface area contributed by atoms with Crippen LogP contribution < -0.4 is 10.1 Å². The zero-order valence-corrected chi connectivity index (χ0v) is 19.4. The number of aromatic nitrogens is 3. The molecule has 0 aliphatic carbocycles. The maximum Gasteiger partial charge on any atom is 0.230 e. The number of thioether (sulfide) groups is 1. The Labute approximate surface area is 195 Å². The summed E-state index contributed by atoms with van der Waals surface area (Å²) in [6.45, 7) is 2.27. The molecule has 4 aromatic rings. The molecular weight excluding hydrogens is 444 g/mol. The molecule has 0 aliphatic heterocycles. The summed E-state index contributed by atoms with van der Waals surface area (Å²) in [6, 6.07) is 21.4. The fourth-order valence-electron chi connectivity index (χ4n) is 3.39. The summed E-state index contributed by atoms with van der Waals surface area (Å²) in [5.74, 6) is 1.57. The van der Waals surface area contributed by atoms with Crippen molar-refractivity contribution < 1.29 is 9.53 Å². The first-order chi connectivity index (χ1) is 15.5. The molecule has 0 fully saturated rings.